The number of halogens is 1. The number of nitrogens with one attached hydrogen (secondary N) is 1. The van der Waals surface area contributed by atoms with Crippen LogP contribution in [0.2, 0.25) is 0 Å². The highest BCUT2D eigenvalue weighted by atomic mass is 19.1. The highest BCUT2D eigenvalue weighted by Gasteiger charge is 2.25. The van der Waals surface area contributed by atoms with Crippen LogP contribution in [0, 0.1) is 5.82 Å². The number of aromatic nitrogens is 2. The SMILES string of the molecule is Cn1cc(C(C)(O)CNC(=O)c2cccc(F)c2)cn1. The second-order valence-corrected chi connectivity index (χ2v) is 4.87. The van der Waals surface area contributed by atoms with Crippen LogP contribution < -0.4 is 5.32 Å². The van der Waals surface area contributed by atoms with E-state index in [2.05, 4.69) is 10.4 Å². The molecule has 0 aliphatic carbocycles. The second kappa shape index (κ2) is 5.42. The zero-order valence-corrected chi connectivity index (χ0v) is 11.3. The number of rotatable bonds is 4. The quantitative estimate of drug-likeness (QED) is 0.882. The number of amides is 1. The van der Waals surface area contributed by atoms with Gasteiger partial charge in [-0.3, -0.25) is 9.48 Å². The van der Waals surface area contributed by atoms with Crippen LogP contribution >= 0.6 is 0 Å². The Morgan fingerprint density at radius 3 is 2.90 bits per heavy atom. The van der Waals surface area contributed by atoms with Crippen LogP contribution in [-0.4, -0.2) is 27.3 Å². The van der Waals surface area contributed by atoms with E-state index in [9.17, 15) is 14.3 Å². The van der Waals surface area contributed by atoms with Crippen molar-refractivity contribution < 1.29 is 14.3 Å². The van der Waals surface area contributed by atoms with E-state index in [1.165, 1.54) is 24.4 Å². The Morgan fingerprint density at radius 1 is 1.55 bits per heavy atom. The summed E-state index contributed by atoms with van der Waals surface area (Å²) in [6, 6.07) is 5.39. The lowest BCUT2D eigenvalue weighted by molar-refractivity contribution is 0.0526. The lowest BCUT2D eigenvalue weighted by Crippen LogP contribution is -2.38. The van der Waals surface area contributed by atoms with Crippen molar-refractivity contribution in [1.82, 2.24) is 15.1 Å². The Labute approximate surface area is 116 Å². The van der Waals surface area contributed by atoms with Crippen molar-refractivity contribution in [3.05, 3.63) is 53.6 Å². The van der Waals surface area contributed by atoms with E-state index in [1.54, 1.807) is 24.9 Å². The van der Waals surface area contributed by atoms with Gasteiger partial charge in [0.25, 0.3) is 5.91 Å². The molecule has 2 aromatic rings. The van der Waals surface area contributed by atoms with Gasteiger partial charge in [-0.15, -0.1) is 0 Å². The Kier molecular flexibility index (Phi) is 3.85. The van der Waals surface area contributed by atoms with Gasteiger partial charge in [0.2, 0.25) is 0 Å². The highest BCUT2D eigenvalue weighted by molar-refractivity contribution is 5.94. The molecule has 1 aromatic carbocycles. The van der Waals surface area contributed by atoms with E-state index in [4.69, 9.17) is 0 Å². The van der Waals surface area contributed by atoms with Crippen molar-refractivity contribution in [1.29, 1.82) is 0 Å². The first-order chi connectivity index (χ1) is 9.38. The first-order valence-electron chi connectivity index (χ1n) is 6.14. The third-order valence-corrected chi connectivity index (χ3v) is 3.01. The van der Waals surface area contributed by atoms with Gasteiger partial charge in [0.15, 0.2) is 0 Å². The molecular formula is C14H16FN3O2. The minimum Gasteiger partial charge on any atom is -0.383 e. The van der Waals surface area contributed by atoms with E-state index in [0.717, 1.165) is 6.07 Å². The molecule has 0 fully saturated rings. The minimum atomic E-state index is -1.24. The Morgan fingerprint density at radius 2 is 2.30 bits per heavy atom. The number of aliphatic hydroxyl groups is 1. The van der Waals surface area contributed by atoms with E-state index in [1.807, 2.05) is 0 Å². The lowest BCUT2D eigenvalue weighted by Gasteiger charge is -2.22. The van der Waals surface area contributed by atoms with Gasteiger partial charge >= 0.3 is 0 Å². The van der Waals surface area contributed by atoms with E-state index < -0.39 is 17.3 Å². The van der Waals surface area contributed by atoms with Crippen molar-refractivity contribution in [2.24, 2.45) is 7.05 Å². The first-order valence-corrected chi connectivity index (χ1v) is 6.14. The standard InChI is InChI=1S/C14H16FN3O2/c1-14(20,11-7-17-18(2)8-11)9-16-13(19)10-4-3-5-12(15)6-10/h3-8,20H,9H2,1-2H3,(H,16,19). The van der Waals surface area contributed by atoms with Crippen molar-refractivity contribution in [2.75, 3.05) is 6.54 Å². The van der Waals surface area contributed by atoms with Crippen LogP contribution in [0.1, 0.15) is 22.8 Å². The second-order valence-electron chi connectivity index (χ2n) is 4.87. The zero-order chi connectivity index (χ0) is 14.8. The number of carbonyl (C=O) groups is 1. The maximum Gasteiger partial charge on any atom is 0.251 e. The Hall–Kier alpha value is -2.21. The summed E-state index contributed by atoms with van der Waals surface area (Å²) in [4.78, 5) is 11.9. The molecular weight excluding hydrogens is 261 g/mol. The average Bonchev–Trinajstić information content (AvgIpc) is 2.83. The summed E-state index contributed by atoms with van der Waals surface area (Å²) in [5.41, 5.74) is -0.427. The van der Waals surface area contributed by atoms with E-state index in [0.29, 0.717) is 5.56 Å². The molecule has 1 amide bonds. The van der Waals surface area contributed by atoms with E-state index >= 15 is 0 Å². The summed E-state index contributed by atoms with van der Waals surface area (Å²) in [6.07, 6.45) is 3.21. The van der Waals surface area contributed by atoms with Gasteiger partial charge in [0.05, 0.1) is 12.7 Å². The number of hydrogen-bond acceptors (Lipinski definition) is 3. The zero-order valence-electron chi connectivity index (χ0n) is 11.3. The Balaban J connectivity index is 2.03. The largest absolute Gasteiger partial charge is 0.383 e. The molecule has 0 aliphatic heterocycles. The first kappa shape index (κ1) is 14.2. The molecule has 0 saturated carbocycles. The molecule has 2 N–H and O–H groups in total. The molecule has 0 bridgehead atoms. The van der Waals surface area contributed by atoms with Gasteiger partial charge in [-0.05, 0) is 25.1 Å². The van der Waals surface area contributed by atoms with Crippen LogP contribution in [0.25, 0.3) is 0 Å². The summed E-state index contributed by atoms with van der Waals surface area (Å²) in [5.74, 6) is -0.912. The van der Waals surface area contributed by atoms with Gasteiger partial charge in [0.1, 0.15) is 11.4 Å². The monoisotopic (exact) mass is 277 g/mol. The fourth-order valence-corrected chi connectivity index (χ4v) is 1.79. The van der Waals surface area contributed by atoms with Crippen molar-refractivity contribution in [3.63, 3.8) is 0 Å². The predicted molar refractivity (Wildman–Crippen MR) is 71.5 cm³/mol. The number of benzene rings is 1. The predicted octanol–water partition coefficient (Wildman–Crippen LogP) is 1.20. The maximum atomic E-state index is 13.0. The topological polar surface area (TPSA) is 67.2 Å². The van der Waals surface area contributed by atoms with Gasteiger partial charge in [-0.25, -0.2) is 4.39 Å². The fraction of sp³-hybridized carbons (Fsp3) is 0.286. The smallest absolute Gasteiger partial charge is 0.251 e. The Bertz CT molecular complexity index is 622. The number of carbonyl (C=O) groups excluding carboxylic acids is 1. The molecule has 5 nitrogen and oxygen atoms in total. The van der Waals surface area contributed by atoms with Crippen molar-refractivity contribution in [3.8, 4) is 0 Å². The molecule has 1 unspecified atom stereocenters. The van der Waals surface area contributed by atoms with Crippen LogP contribution in [0.5, 0.6) is 0 Å². The minimum absolute atomic E-state index is 0.00798. The molecule has 0 radical (unpaired) electrons. The van der Waals surface area contributed by atoms with Crippen LogP contribution in [-0.2, 0) is 12.6 Å². The molecule has 0 spiro atoms. The van der Waals surface area contributed by atoms with Crippen LogP contribution in [0.15, 0.2) is 36.7 Å². The fourth-order valence-electron chi connectivity index (χ4n) is 1.79. The van der Waals surface area contributed by atoms with Crippen molar-refractivity contribution >= 4 is 5.91 Å². The summed E-state index contributed by atoms with van der Waals surface area (Å²) in [5, 5.41) is 16.9. The summed E-state index contributed by atoms with van der Waals surface area (Å²) < 4.78 is 14.6. The lowest BCUT2D eigenvalue weighted by atomic mass is 9.99. The summed E-state index contributed by atoms with van der Waals surface area (Å²) in [6.45, 7) is 1.59. The molecule has 20 heavy (non-hydrogen) atoms. The number of nitrogens with zero attached hydrogens (tertiary/aromatic N) is 2. The van der Waals surface area contributed by atoms with Crippen LogP contribution in [0.4, 0.5) is 4.39 Å². The van der Waals surface area contributed by atoms with Crippen LogP contribution in [0.3, 0.4) is 0 Å². The van der Waals surface area contributed by atoms with Crippen molar-refractivity contribution in [2.45, 2.75) is 12.5 Å². The molecule has 1 atom stereocenters. The molecule has 0 aliphatic rings. The third-order valence-electron chi connectivity index (χ3n) is 3.01. The summed E-state index contributed by atoms with van der Waals surface area (Å²) >= 11 is 0. The third kappa shape index (κ3) is 3.21. The number of hydrogen-bond donors (Lipinski definition) is 2. The molecule has 2 rings (SSSR count). The highest BCUT2D eigenvalue weighted by Crippen LogP contribution is 2.18. The molecule has 0 saturated heterocycles. The molecule has 1 heterocycles. The molecule has 106 valence electrons. The maximum absolute atomic E-state index is 13.0. The number of aryl methyl sites for hydroxylation is 1. The summed E-state index contributed by atoms with van der Waals surface area (Å²) in [7, 11) is 1.74. The molecule has 6 heteroatoms. The van der Waals surface area contributed by atoms with Gasteiger partial charge in [0, 0.05) is 24.4 Å². The molecule has 1 aromatic heterocycles. The van der Waals surface area contributed by atoms with Gasteiger partial charge in [-0.2, -0.15) is 5.10 Å². The van der Waals surface area contributed by atoms with E-state index in [-0.39, 0.29) is 12.1 Å². The van der Waals surface area contributed by atoms with Gasteiger partial charge < -0.3 is 10.4 Å². The van der Waals surface area contributed by atoms with Gasteiger partial charge in [-0.1, -0.05) is 6.07 Å². The average molecular weight is 277 g/mol. The normalized spacial score (nSPS) is 13.8.